The first kappa shape index (κ1) is 20.9. The van der Waals surface area contributed by atoms with Crippen molar-refractivity contribution < 1.29 is 4.79 Å². The standard InChI is InChI=1S/C24H19BrN4OS/c1-2-23(30)27-21-12-22-24(29(14-21)28-20-10-6-9-19(25)11-20)18(13-26)16-31(22)15-17-7-4-3-5-8-17/h2-12,14,16,28H,1,15H2,(H,27,30). The fraction of sp³-hybridized carbons (Fsp3) is 0.0417. The first-order valence-electron chi connectivity index (χ1n) is 9.49. The number of carbonyl (C=O) groups excluding carboxylic acids is 1. The van der Waals surface area contributed by atoms with Crippen molar-refractivity contribution in [2.75, 3.05) is 5.43 Å². The fourth-order valence-corrected chi connectivity index (χ4v) is 5.79. The Morgan fingerprint density at radius 3 is 2.74 bits per heavy atom. The highest BCUT2D eigenvalue weighted by molar-refractivity contribution is 9.10. The molecule has 1 atom stereocenters. The number of halogens is 1. The molecule has 1 amide bonds. The molecule has 0 aliphatic carbocycles. The van der Waals surface area contributed by atoms with Crippen molar-refractivity contribution in [3.8, 4) is 6.07 Å². The van der Waals surface area contributed by atoms with E-state index in [9.17, 15) is 10.1 Å². The second-order valence-electron chi connectivity index (χ2n) is 6.83. The largest absolute Gasteiger partial charge is 0.321 e. The lowest BCUT2D eigenvalue weighted by atomic mass is 10.1. The van der Waals surface area contributed by atoms with Crippen LogP contribution >= 0.6 is 26.4 Å². The molecule has 0 saturated carbocycles. The van der Waals surface area contributed by atoms with Crippen LogP contribution in [0.1, 0.15) is 5.56 Å². The predicted octanol–water partition coefficient (Wildman–Crippen LogP) is 5.18. The van der Waals surface area contributed by atoms with Crippen LogP contribution in [0.3, 0.4) is 0 Å². The summed E-state index contributed by atoms with van der Waals surface area (Å²) in [6.07, 6.45) is 4.96. The molecule has 2 aliphatic heterocycles. The molecule has 5 nitrogen and oxygen atoms in total. The second-order valence-corrected chi connectivity index (χ2v) is 9.57. The summed E-state index contributed by atoms with van der Waals surface area (Å²) in [5, 5.41) is 16.5. The minimum atomic E-state index is -0.315. The average molecular weight is 491 g/mol. The lowest BCUT2D eigenvalue weighted by Gasteiger charge is -2.30. The third-order valence-electron chi connectivity index (χ3n) is 4.64. The highest BCUT2D eigenvalue weighted by Gasteiger charge is 2.29. The van der Waals surface area contributed by atoms with Crippen molar-refractivity contribution >= 4 is 43.4 Å². The van der Waals surface area contributed by atoms with Gasteiger partial charge in [-0.2, -0.15) is 5.26 Å². The van der Waals surface area contributed by atoms with Crippen molar-refractivity contribution in [1.29, 1.82) is 5.26 Å². The highest BCUT2D eigenvalue weighted by Crippen LogP contribution is 2.45. The molecule has 0 bridgehead atoms. The third-order valence-corrected chi connectivity index (χ3v) is 7.17. The number of hydrazine groups is 1. The Morgan fingerprint density at radius 1 is 1.23 bits per heavy atom. The zero-order valence-electron chi connectivity index (χ0n) is 16.5. The summed E-state index contributed by atoms with van der Waals surface area (Å²) in [5.41, 5.74) is 7.43. The minimum absolute atomic E-state index is 0.289. The van der Waals surface area contributed by atoms with Crippen LogP contribution in [0.5, 0.6) is 0 Å². The van der Waals surface area contributed by atoms with E-state index in [1.165, 1.54) is 11.6 Å². The molecule has 1 unspecified atom stereocenters. The van der Waals surface area contributed by atoms with Gasteiger partial charge in [0.25, 0.3) is 0 Å². The van der Waals surface area contributed by atoms with E-state index in [-0.39, 0.29) is 16.4 Å². The van der Waals surface area contributed by atoms with E-state index in [0.29, 0.717) is 11.3 Å². The van der Waals surface area contributed by atoms with Crippen LogP contribution < -0.4 is 10.7 Å². The predicted molar refractivity (Wildman–Crippen MR) is 131 cm³/mol. The van der Waals surface area contributed by atoms with Gasteiger partial charge in [0, 0.05) is 15.1 Å². The number of rotatable bonds is 6. The normalized spacial score (nSPS) is 17.0. The van der Waals surface area contributed by atoms with Crippen molar-refractivity contribution in [2.45, 2.75) is 5.75 Å². The highest BCUT2D eigenvalue weighted by atomic mass is 79.9. The lowest BCUT2D eigenvalue weighted by molar-refractivity contribution is -0.115. The quantitative estimate of drug-likeness (QED) is 0.432. The lowest BCUT2D eigenvalue weighted by Crippen LogP contribution is -2.31. The van der Waals surface area contributed by atoms with E-state index < -0.39 is 0 Å². The van der Waals surface area contributed by atoms with Crippen molar-refractivity contribution in [2.24, 2.45) is 0 Å². The van der Waals surface area contributed by atoms with Gasteiger partial charge in [-0.3, -0.25) is 15.2 Å². The molecule has 0 radical (unpaired) electrons. The number of benzene rings is 2. The zero-order chi connectivity index (χ0) is 21.8. The first-order valence-corrected chi connectivity index (χ1v) is 11.7. The molecule has 0 saturated heterocycles. The summed E-state index contributed by atoms with van der Waals surface area (Å²) < 4.78 is 0.936. The van der Waals surface area contributed by atoms with Gasteiger partial charge in [-0.05, 0) is 41.3 Å². The summed E-state index contributed by atoms with van der Waals surface area (Å²) in [6, 6.07) is 20.3. The van der Waals surface area contributed by atoms with E-state index in [4.69, 9.17) is 0 Å². The number of anilines is 1. The van der Waals surface area contributed by atoms with Crippen LogP contribution in [-0.4, -0.2) is 16.3 Å². The number of hydrogen-bond donors (Lipinski definition) is 2. The third kappa shape index (κ3) is 4.71. The van der Waals surface area contributed by atoms with Gasteiger partial charge in [-0.25, -0.2) is 0 Å². The van der Waals surface area contributed by atoms with Crippen LogP contribution in [-0.2, 0) is 10.5 Å². The number of nitrogens with one attached hydrogen (secondary N) is 2. The van der Waals surface area contributed by atoms with Gasteiger partial charge in [0.1, 0.15) is 6.07 Å². The summed E-state index contributed by atoms with van der Waals surface area (Å²) in [7, 11) is -0.315. The summed E-state index contributed by atoms with van der Waals surface area (Å²) >= 11 is 3.49. The molecule has 4 rings (SSSR count). The maximum Gasteiger partial charge on any atom is 0.247 e. The molecular weight excluding hydrogens is 472 g/mol. The minimum Gasteiger partial charge on any atom is -0.321 e. The van der Waals surface area contributed by atoms with Crippen molar-refractivity contribution in [3.05, 3.63) is 111 Å². The Kier molecular flexibility index (Phi) is 6.21. The van der Waals surface area contributed by atoms with Gasteiger partial charge >= 0.3 is 0 Å². The number of amides is 1. The molecule has 2 heterocycles. The topological polar surface area (TPSA) is 68.2 Å². The van der Waals surface area contributed by atoms with Gasteiger partial charge in [0.05, 0.1) is 28.9 Å². The summed E-state index contributed by atoms with van der Waals surface area (Å²) in [6.45, 7) is 3.53. The Balaban J connectivity index is 1.73. The number of fused-ring (bicyclic) bond motifs is 1. The average Bonchev–Trinajstić information content (AvgIpc) is 3.12. The molecule has 31 heavy (non-hydrogen) atoms. The van der Waals surface area contributed by atoms with Gasteiger partial charge < -0.3 is 5.32 Å². The van der Waals surface area contributed by atoms with E-state index in [0.717, 1.165) is 26.5 Å². The molecule has 0 spiro atoms. The molecule has 154 valence electrons. The molecule has 2 N–H and O–H groups in total. The SMILES string of the molecule is C=CC(=O)NC1=CN(Nc2cccc(Br)c2)C2=C(C#N)C=S(Cc3ccccc3)C2=C1. The monoisotopic (exact) mass is 490 g/mol. The van der Waals surface area contributed by atoms with E-state index in [2.05, 4.69) is 51.5 Å². The maximum atomic E-state index is 12.0. The van der Waals surface area contributed by atoms with Crippen LogP contribution in [0.15, 0.2) is 106 Å². The van der Waals surface area contributed by atoms with Gasteiger partial charge in [0.15, 0.2) is 0 Å². The smallest absolute Gasteiger partial charge is 0.247 e. The molecule has 0 aromatic heterocycles. The summed E-state index contributed by atoms with van der Waals surface area (Å²) in [4.78, 5) is 13.0. The number of allylic oxidation sites excluding steroid dienone is 2. The van der Waals surface area contributed by atoms with Gasteiger partial charge in [0.2, 0.25) is 5.91 Å². The Labute approximate surface area is 192 Å². The Morgan fingerprint density at radius 2 is 2.03 bits per heavy atom. The van der Waals surface area contributed by atoms with E-state index in [1.807, 2.05) is 58.9 Å². The second kappa shape index (κ2) is 9.21. The van der Waals surface area contributed by atoms with Crippen LogP contribution in [0, 0.1) is 11.3 Å². The molecule has 2 aromatic rings. The fourth-order valence-electron chi connectivity index (χ4n) is 3.29. The molecule has 2 aromatic carbocycles. The first-order chi connectivity index (χ1) is 15.1. The van der Waals surface area contributed by atoms with Crippen molar-refractivity contribution in [1.82, 2.24) is 10.3 Å². The Hall–Kier alpha value is -3.34. The zero-order valence-corrected chi connectivity index (χ0v) is 18.9. The summed E-state index contributed by atoms with van der Waals surface area (Å²) in [5.74, 6) is 0.498. The van der Waals surface area contributed by atoms with Crippen LogP contribution in [0.25, 0.3) is 0 Å². The van der Waals surface area contributed by atoms with Gasteiger partial charge in [-0.15, -0.1) is 10.5 Å². The number of nitriles is 1. The number of hydrogen-bond acceptors (Lipinski definition) is 4. The van der Waals surface area contributed by atoms with Gasteiger partial charge in [-0.1, -0.05) is 58.9 Å². The van der Waals surface area contributed by atoms with E-state index >= 15 is 0 Å². The molecule has 2 aliphatic rings. The number of carbonyl (C=O) groups is 1. The Bertz CT molecular complexity index is 1220. The maximum absolute atomic E-state index is 12.0. The van der Waals surface area contributed by atoms with Crippen LogP contribution in [0.2, 0.25) is 0 Å². The molecular formula is C24H19BrN4OS. The molecule has 7 heteroatoms. The van der Waals surface area contributed by atoms with Crippen molar-refractivity contribution in [3.63, 3.8) is 0 Å². The number of nitrogens with zero attached hydrogens (tertiary/aromatic N) is 2. The molecule has 0 fully saturated rings. The van der Waals surface area contributed by atoms with Crippen LogP contribution in [0.4, 0.5) is 5.69 Å². The van der Waals surface area contributed by atoms with E-state index in [1.54, 1.807) is 6.20 Å².